The number of hydrogen-bond acceptors (Lipinski definition) is 3. The zero-order chi connectivity index (χ0) is 16.9. The summed E-state index contributed by atoms with van der Waals surface area (Å²) in [7, 11) is 0. The minimum absolute atomic E-state index is 0.106. The Labute approximate surface area is 140 Å². The van der Waals surface area contributed by atoms with E-state index in [2.05, 4.69) is 5.32 Å². The van der Waals surface area contributed by atoms with Crippen molar-refractivity contribution in [3.05, 3.63) is 65.5 Å². The molecule has 1 fully saturated rings. The van der Waals surface area contributed by atoms with Gasteiger partial charge in [0.2, 0.25) is 0 Å². The summed E-state index contributed by atoms with van der Waals surface area (Å²) >= 11 is 0. The van der Waals surface area contributed by atoms with E-state index in [0.717, 1.165) is 12.8 Å². The topological polar surface area (TPSA) is 52.6 Å². The third-order valence-corrected chi connectivity index (χ3v) is 4.27. The normalized spacial score (nSPS) is 17.6. The van der Waals surface area contributed by atoms with Gasteiger partial charge < -0.3 is 15.3 Å². The maximum absolute atomic E-state index is 13.7. The van der Waals surface area contributed by atoms with E-state index in [1.54, 1.807) is 29.2 Å². The monoisotopic (exact) mass is 328 g/mol. The molecule has 5 heteroatoms. The van der Waals surface area contributed by atoms with E-state index in [-0.39, 0.29) is 11.7 Å². The molecule has 4 nitrogen and oxygen atoms in total. The van der Waals surface area contributed by atoms with Crippen LogP contribution < -0.4 is 5.32 Å². The molecule has 1 amide bonds. The fourth-order valence-corrected chi connectivity index (χ4v) is 2.97. The van der Waals surface area contributed by atoms with Crippen LogP contribution in [0.2, 0.25) is 0 Å². The Morgan fingerprint density at radius 1 is 1.21 bits per heavy atom. The Kier molecular flexibility index (Phi) is 5.11. The summed E-state index contributed by atoms with van der Waals surface area (Å²) in [5.74, 6) is -0.377. The minimum Gasteiger partial charge on any atom is -0.391 e. The van der Waals surface area contributed by atoms with Crippen LogP contribution >= 0.6 is 0 Å². The number of carbonyl (C=O) groups is 1. The predicted molar refractivity (Wildman–Crippen MR) is 91.3 cm³/mol. The van der Waals surface area contributed by atoms with Gasteiger partial charge in [0.1, 0.15) is 5.82 Å². The summed E-state index contributed by atoms with van der Waals surface area (Å²) in [6, 6.07) is 13.8. The van der Waals surface area contributed by atoms with Gasteiger partial charge in [-0.1, -0.05) is 30.3 Å². The van der Waals surface area contributed by atoms with Crippen LogP contribution in [0.25, 0.3) is 0 Å². The van der Waals surface area contributed by atoms with Crippen LogP contribution in [-0.4, -0.2) is 35.1 Å². The van der Waals surface area contributed by atoms with Crippen molar-refractivity contribution in [2.75, 3.05) is 18.4 Å². The molecule has 126 valence electrons. The first-order valence-electron chi connectivity index (χ1n) is 8.19. The number of nitrogens with zero attached hydrogens (tertiary/aromatic N) is 1. The molecule has 1 heterocycles. The Morgan fingerprint density at radius 2 is 1.96 bits per heavy atom. The summed E-state index contributed by atoms with van der Waals surface area (Å²) in [5.41, 5.74) is 1.77. The molecule has 0 bridgehead atoms. The zero-order valence-corrected chi connectivity index (χ0v) is 13.4. The smallest absolute Gasteiger partial charge is 0.256 e. The number of carbonyl (C=O) groups excluding carboxylic acids is 1. The lowest BCUT2D eigenvalue weighted by molar-refractivity contribution is 0.0474. The standard InChI is InChI=1S/C19H21FN2O2/c20-17-9-3-1-6-14(17)12-21-18-10-4-2-8-16(18)19(24)22-11-5-7-15(23)13-22/h1-4,6,8-10,15,21,23H,5,7,11-13H2. The number of halogens is 1. The average molecular weight is 328 g/mol. The highest BCUT2D eigenvalue weighted by Crippen LogP contribution is 2.21. The van der Waals surface area contributed by atoms with E-state index >= 15 is 0 Å². The number of anilines is 1. The molecule has 1 atom stereocenters. The first-order chi connectivity index (χ1) is 11.6. The molecule has 2 aromatic carbocycles. The second kappa shape index (κ2) is 7.45. The number of piperidine rings is 1. The van der Waals surface area contributed by atoms with E-state index in [9.17, 15) is 14.3 Å². The van der Waals surface area contributed by atoms with Crippen LogP contribution in [0.15, 0.2) is 48.5 Å². The van der Waals surface area contributed by atoms with Gasteiger partial charge in [0.25, 0.3) is 5.91 Å². The van der Waals surface area contributed by atoms with Gasteiger partial charge >= 0.3 is 0 Å². The van der Waals surface area contributed by atoms with Gasteiger partial charge in [0, 0.05) is 30.9 Å². The number of β-amino-alcohol motifs (C(OH)–C–C–N with tert-alkyl or cyclic N) is 1. The maximum atomic E-state index is 13.7. The molecule has 0 saturated carbocycles. The largest absolute Gasteiger partial charge is 0.391 e. The van der Waals surface area contributed by atoms with Gasteiger partial charge in [-0.05, 0) is 31.0 Å². The van der Waals surface area contributed by atoms with E-state index in [4.69, 9.17) is 0 Å². The van der Waals surface area contributed by atoms with Gasteiger partial charge in [-0.25, -0.2) is 4.39 Å². The minimum atomic E-state index is -0.457. The van der Waals surface area contributed by atoms with Crippen molar-refractivity contribution < 1.29 is 14.3 Å². The molecule has 1 aliphatic heterocycles. The molecule has 0 radical (unpaired) electrons. The quantitative estimate of drug-likeness (QED) is 0.907. The summed E-state index contributed by atoms with van der Waals surface area (Å²) in [4.78, 5) is 14.4. The lowest BCUT2D eigenvalue weighted by atomic mass is 10.1. The molecular weight excluding hydrogens is 307 g/mol. The number of nitrogens with one attached hydrogen (secondary N) is 1. The number of rotatable bonds is 4. The Bertz CT molecular complexity index is 720. The lowest BCUT2D eigenvalue weighted by Crippen LogP contribution is -2.42. The van der Waals surface area contributed by atoms with Crippen LogP contribution in [-0.2, 0) is 6.54 Å². The number of aliphatic hydroxyl groups is 1. The molecule has 0 spiro atoms. The highest BCUT2D eigenvalue weighted by Gasteiger charge is 2.24. The van der Waals surface area contributed by atoms with Crippen LogP contribution in [0.4, 0.5) is 10.1 Å². The summed E-state index contributed by atoms with van der Waals surface area (Å²) in [6.45, 7) is 1.32. The number of likely N-dealkylation sites (tertiary alicyclic amines) is 1. The van der Waals surface area contributed by atoms with E-state index in [1.165, 1.54) is 6.07 Å². The van der Waals surface area contributed by atoms with Crippen LogP contribution in [0.5, 0.6) is 0 Å². The van der Waals surface area contributed by atoms with Gasteiger partial charge in [-0.15, -0.1) is 0 Å². The molecule has 0 aromatic heterocycles. The van der Waals surface area contributed by atoms with E-state index in [1.807, 2.05) is 18.2 Å². The molecule has 1 saturated heterocycles. The lowest BCUT2D eigenvalue weighted by Gasteiger charge is -2.30. The Balaban J connectivity index is 1.75. The highest BCUT2D eigenvalue weighted by atomic mass is 19.1. The van der Waals surface area contributed by atoms with Gasteiger partial charge in [0.15, 0.2) is 0 Å². The second-order valence-corrected chi connectivity index (χ2v) is 6.04. The van der Waals surface area contributed by atoms with Gasteiger partial charge in [-0.2, -0.15) is 0 Å². The van der Waals surface area contributed by atoms with Crippen molar-refractivity contribution >= 4 is 11.6 Å². The Morgan fingerprint density at radius 3 is 2.75 bits per heavy atom. The molecule has 2 N–H and O–H groups in total. The second-order valence-electron chi connectivity index (χ2n) is 6.04. The highest BCUT2D eigenvalue weighted by molar-refractivity contribution is 5.99. The first-order valence-corrected chi connectivity index (χ1v) is 8.19. The van der Waals surface area contributed by atoms with Crippen LogP contribution in [0.3, 0.4) is 0 Å². The molecule has 0 aliphatic carbocycles. The van der Waals surface area contributed by atoms with Gasteiger partial charge in [0.05, 0.1) is 11.7 Å². The summed E-state index contributed by atoms with van der Waals surface area (Å²) < 4.78 is 13.7. The van der Waals surface area contributed by atoms with Crippen LogP contribution in [0, 0.1) is 5.82 Å². The van der Waals surface area contributed by atoms with Crippen molar-refractivity contribution in [2.45, 2.75) is 25.5 Å². The predicted octanol–water partition coefficient (Wildman–Crippen LogP) is 3.03. The fourth-order valence-electron chi connectivity index (χ4n) is 2.97. The number of hydrogen-bond donors (Lipinski definition) is 2. The summed E-state index contributed by atoms with van der Waals surface area (Å²) in [6.07, 6.45) is 1.08. The molecule has 2 aromatic rings. The average Bonchev–Trinajstić information content (AvgIpc) is 2.61. The number of amides is 1. The molecule has 1 aliphatic rings. The number of benzene rings is 2. The van der Waals surface area contributed by atoms with E-state index in [0.29, 0.717) is 36.4 Å². The molecule has 1 unspecified atom stereocenters. The SMILES string of the molecule is O=C(c1ccccc1NCc1ccccc1F)N1CCCC(O)C1. The third kappa shape index (κ3) is 3.74. The number of para-hydroxylation sites is 1. The summed E-state index contributed by atoms with van der Waals surface area (Å²) in [5, 5.41) is 12.9. The van der Waals surface area contributed by atoms with Crippen molar-refractivity contribution in [2.24, 2.45) is 0 Å². The third-order valence-electron chi connectivity index (χ3n) is 4.27. The van der Waals surface area contributed by atoms with Crippen LogP contribution in [0.1, 0.15) is 28.8 Å². The van der Waals surface area contributed by atoms with E-state index < -0.39 is 6.10 Å². The zero-order valence-electron chi connectivity index (χ0n) is 13.4. The van der Waals surface area contributed by atoms with Gasteiger partial charge in [-0.3, -0.25) is 4.79 Å². The maximum Gasteiger partial charge on any atom is 0.256 e. The fraction of sp³-hybridized carbons (Fsp3) is 0.316. The first kappa shape index (κ1) is 16.5. The van der Waals surface area contributed by atoms with Crippen molar-refractivity contribution in [3.63, 3.8) is 0 Å². The van der Waals surface area contributed by atoms with Crippen molar-refractivity contribution in [1.29, 1.82) is 0 Å². The van der Waals surface area contributed by atoms with Crippen molar-refractivity contribution in [1.82, 2.24) is 4.90 Å². The number of aliphatic hydroxyl groups excluding tert-OH is 1. The molecule has 24 heavy (non-hydrogen) atoms. The van der Waals surface area contributed by atoms with Crippen molar-refractivity contribution in [3.8, 4) is 0 Å². The Hall–Kier alpha value is -2.40. The molecule has 3 rings (SSSR count). The molecular formula is C19H21FN2O2.